The first-order chi connectivity index (χ1) is 13.0. The van der Waals surface area contributed by atoms with Crippen LogP contribution in [0.4, 0.5) is 11.5 Å². The quantitative estimate of drug-likeness (QED) is 0.765. The maximum Gasteiger partial charge on any atom is 0.221 e. The van der Waals surface area contributed by atoms with Gasteiger partial charge in [-0.1, -0.05) is 6.07 Å². The highest BCUT2D eigenvalue weighted by atomic mass is 35.5. The van der Waals surface area contributed by atoms with Crippen LogP contribution in [0, 0.1) is 0 Å². The summed E-state index contributed by atoms with van der Waals surface area (Å²) < 4.78 is 5.38. The molecule has 0 spiro atoms. The molecule has 1 saturated heterocycles. The number of hydrogen-bond acceptors (Lipinski definition) is 6. The first kappa shape index (κ1) is 24.9. The predicted octanol–water partition coefficient (Wildman–Crippen LogP) is 3.48. The van der Waals surface area contributed by atoms with E-state index in [1.807, 2.05) is 24.4 Å². The molecule has 1 aliphatic heterocycles. The Hall–Kier alpha value is -2.09. The fourth-order valence-corrected chi connectivity index (χ4v) is 3.24. The van der Waals surface area contributed by atoms with Crippen molar-refractivity contribution >= 4 is 42.2 Å². The maximum atomic E-state index is 11.3. The molecule has 0 aliphatic carbocycles. The number of halogens is 2. The molecule has 9 heteroatoms. The molecule has 1 aromatic carbocycles. The smallest absolute Gasteiger partial charge is 0.221 e. The van der Waals surface area contributed by atoms with Gasteiger partial charge >= 0.3 is 0 Å². The summed E-state index contributed by atoms with van der Waals surface area (Å²) in [5, 5.41) is 2.76. The van der Waals surface area contributed by atoms with E-state index >= 15 is 0 Å². The number of carbonyl (C=O) groups excluding carboxylic acids is 1. The molecule has 0 atom stereocenters. The second-order valence-electron chi connectivity index (χ2n) is 6.97. The Morgan fingerprint density at radius 3 is 2.31 bits per heavy atom. The monoisotopic (exact) mass is 441 g/mol. The number of methoxy groups -OCH3 is 1. The number of hydrogen-bond donors (Lipinski definition) is 1. The minimum Gasteiger partial charge on any atom is -0.495 e. The fraction of sp³-hybridized carbons (Fsp3) is 0.450. The van der Waals surface area contributed by atoms with Crippen molar-refractivity contribution in [3.05, 3.63) is 30.6 Å². The lowest BCUT2D eigenvalue weighted by Gasteiger charge is -2.37. The molecule has 160 valence electrons. The molecular weight excluding hydrogens is 413 g/mol. The summed E-state index contributed by atoms with van der Waals surface area (Å²) in [6.45, 7) is 9.95. The summed E-state index contributed by atoms with van der Waals surface area (Å²) in [6.07, 6.45) is 3.62. The highest BCUT2D eigenvalue weighted by Gasteiger charge is 2.20. The molecule has 1 fully saturated rings. The zero-order valence-corrected chi connectivity index (χ0v) is 18.8. The number of amides is 1. The van der Waals surface area contributed by atoms with Crippen LogP contribution in [-0.4, -0.2) is 60.1 Å². The average Bonchev–Trinajstić information content (AvgIpc) is 2.68. The van der Waals surface area contributed by atoms with Crippen LogP contribution >= 0.6 is 24.8 Å². The fourth-order valence-electron chi connectivity index (χ4n) is 3.24. The van der Waals surface area contributed by atoms with Gasteiger partial charge < -0.3 is 15.0 Å². The van der Waals surface area contributed by atoms with E-state index in [0.717, 1.165) is 43.3 Å². The first-order valence-electron chi connectivity index (χ1n) is 9.25. The van der Waals surface area contributed by atoms with Crippen LogP contribution in [0.1, 0.15) is 20.8 Å². The van der Waals surface area contributed by atoms with Crippen molar-refractivity contribution in [2.75, 3.05) is 43.5 Å². The summed E-state index contributed by atoms with van der Waals surface area (Å²) in [4.78, 5) is 25.2. The number of aromatic nitrogens is 2. The van der Waals surface area contributed by atoms with E-state index in [1.165, 1.54) is 6.92 Å². The Bertz CT molecular complexity index is 794. The van der Waals surface area contributed by atoms with Gasteiger partial charge in [-0.25, -0.2) is 4.98 Å². The molecule has 2 heterocycles. The minimum absolute atomic E-state index is 0. The number of piperazine rings is 1. The van der Waals surface area contributed by atoms with E-state index in [0.29, 0.717) is 17.5 Å². The van der Waals surface area contributed by atoms with Gasteiger partial charge in [0.15, 0.2) is 0 Å². The lowest BCUT2D eigenvalue weighted by Crippen LogP contribution is -2.49. The number of carbonyl (C=O) groups is 1. The van der Waals surface area contributed by atoms with Gasteiger partial charge in [-0.3, -0.25) is 14.7 Å². The Morgan fingerprint density at radius 2 is 1.79 bits per heavy atom. The molecule has 1 aromatic heterocycles. The second kappa shape index (κ2) is 11.2. The van der Waals surface area contributed by atoms with Crippen LogP contribution in [0.5, 0.6) is 5.75 Å². The number of nitrogens with zero attached hydrogens (tertiary/aromatic N) is 4. The van der Waals surface area contributed by atoms with Crippen LogP contribution in [0.2, 0.25) is 0 Å². The molecule has 0 saturated carbocycles. The molecule has 29 heavy (non-hydrogen) atoms. The largest absolute Gasteiger partial charge is 0.495 e. The van der Waals surface area contributed by atoms with Crippen LogP contribution in [0.25, 0.3) is 11.3 Å². The highest BCUT2D eigenvalue weighted by Crippen LogP contribution is 2.30. The van der Waals surface area contributed by atoms with Gasteiger partial charge in [0.2, 0.25) is 5.91 Å². The zero-order valence-electron chi connectivity index (χ0n) is 17.2. The van der Waals surface area contributed by atoms with E-state index in [-0.39, 0.29) is 30.7 Å². The van der Waals surface area contributed by atoms with E-state index in [2.05, 4.69) is 38.9 Å². The van der Waals surface area contributed by atoms with Crippen LogP contribution in [0.3, 0.4) is 0 Å². The number of nitrogens with one attached hydrogen (secondary N) is 1. The Kier molecular flexibility index (Phi) is 9.62. The summed E-state index contributed by atoms with van der Waals surface area (Å²) in [5.41, 5.74) is 2.30. The molecule has 1 N–H and O–H groups in total. The summed E-state index contributed by atoms with van der Waals surface area (Å²) in [5.74, 6) is 1.37. The SMILES string of the molecule is COc1cc(-c2cnc(N3CCN(C(C)C)CC3)cn2)ccc1NC(C)=O.Cl.Cl. The predicted molar refractivity (Wildman–Crippen MR) is 122 cm³/mol. The molecule has 0 unspecified atom stereocenters. The molecule has 0 bridgehead atoms. The molecule has 7 nitrogen and oxygen atoms in total. The average molecular weight is 442 g/mol. The lowest BCUT2D eigenvalue weighted by molar-refractivity contribution is -0.114. The van der Waals surface area contributed by atoms with Crippen molar-refractivity contribution < 1.29 is 9.53 Å². The Morgan fingerprint density at radius 1 is 1.10 bits per heavy atom. The van der Waals surface area contributed by atoms with E-state index in [4.69, 9.17) is 4.74 Å². The summed E-state index contributed by atoms with van der Waals surface area (Å²) in [6, 6.07) is 6.15. The second-order valence-corrected chi connectivity index (χ2v) is 6.97. The highest BCUT2D eigenvalue weighted by molar-refractivity contribution is 5.91. The van der Waals surface area contributed by atoms with Gasteiger partial charge in [-0.2, -0.15) is 0 Å². The van der Waals surface area contributed by atoms with Crippen molar-refractivity contribution in [1.82, 2.24) is 14.9 Å². The standard InChI is InChI=1S/C20H27N5O2.2ClH/c1-14(2)24-7-9-25(10-8-24)20-13-21-18(12-22-20)16-5-6-17(23-15(3)26)19(11-16)27-4;;/h5-6,11-14H,7-10H2,1-4H3,(H,23,26);2*1H. The van der Waals surface area contributed by atoms with Gasteiger partial charge in [-0.15, -0.1) is 24.8 Å². The van der Waals surface area contributed by atoms with Crippen molar-refractivity contribution in [2.45, 2.75) is 26.8 Å². The third-order valence-corrected chi connectivity index (χ3v) is 4.81. The number of rotatable bonds is 5. The van der Waals surface area contributed by atoms with Crippen molar-refractivity contribution in [1.29, 1.82) is 0 Å². The maximum absolute atomic E-state index is 11.3. The van der Waals surface area contributed by atoms with Gasteiger partial charge in [0.1, 0.15) is 11.6 Å². The van der Waals surface area contributed by atoms with Crippen molar-refractivity contribution in [3.8, 4) is 17.0 Å². The molecule has 3 rings (SSSR count). The normalized spacial score (nSPS) is 14.0. The third kappa shape index (κ3) is 6.19. The van der Waals surface area contributed by atoms with Gasteiger partial charge in [0.05, 0.1) is 30.9 Å². The van der Waals surface area contributed by atoms with Crippen LogP contribution in [-0.2, 0) is 4.79 Å². The lowest BCUT2D eigenvalue weighted by atomic mass is 10.1. The van der Waals surface area contributed by atoms with Gasteiger partial charge in [-0.05, 0) is 26.0 Å². The Balaban J connectivity index is 0.00000210. The van der Waals surface area contributed by atoms with E-state index < -0.39 is 0 Å². The topological polar surface area (TPSA) is 70.6 Å². The van der Waals surface area contributed by atoms with E-state index in [9.17, 15) is 4.79 Å². The third-order valence-electron chi connectivity index (χ3n) is 4.81. The molecule has 0 radical (unpaired) electrons. The molecule has 2 aromatic rings. The van der Waals surface area contributed by atoms with Crippen molar-refractivity contribution in [2.24, 2.45) is 0 Å². The first-order valence-corrected chi connectivity index (χ1v) is 9.25. The van der Waals surface area contributed by atoms with E-state index in [1.54, 1.807) is 13.3 Å². The zero-order chi connectivity index (χ0) is 19.4. The van der Waals surface area contributed by atoms with Crippen LogP contribution in [0.15, 0.2) is 30.6 Å². The number of anilines is 2. The van der Waals surface area contributed by atoms with Gasteiger partial charge in [0.25, 0.3) is 0 Å². The molecular formula is C20H29Cl2N5O2. The Labute approximate surface area is 184 Å². The van der Waals surface area contributed by atoms with Crippen LogP contribution < -0.4 is 15.0 Å². The minimum atomic E-state index is -0.136. The molecule has 1 aliphatic rings. The number of ether oxygens (including phenoxy) is 1. The molecule has 1 amide bonds. The van der Waals surface area contributed by atoms with Crippen molar-refractivity contribution in [3.63, 3.8) is 0 Å². The summed E-state index contributed by atoms with van der Waals surface area (Å²) in [7, 11) is 1.58. The summed E-state index contributed by atoms with van der Waals surface area (Å²) >= 11 is 0. The number of benzene rings is 1. The van der Waals surface area contributed by atoms with Gasteiger partial charge in [0, 0.05) is 44.7 Å².